The summed E-state index contributed by atoms with van der Waals surface area (Å²) in [6.07, 6.45) is 0. The van der Waals surface area contributed by atoms with Gasteiger partial charge in [0.1, 0.15) is 5.75 Å². The Bertz CT molecular complexity index is 666. The third kappa shape index (κ3) is 5.14. The standard InChI is InChI=1S/C20H27N3O2/c1-5-21-20(24)23(18-11-13-19(14-12-18)25-6-2)15-16-7-9-17(10-8-16)22(3)4/h7-14H,5-6,15H2,1-4H3,(H,21,24). The van der Waals surface area contributed by atoms with Crippen molar-refractivity contribution in [3.8, 4) is 5.75 Å². The number of hydrogen-bond acceptors (Lipinski definition) is 3. The number of carbonyl (C=O) groups excluding carboxylic acids is 1. The Hall–Kier alpha value is -2.69. The number of anilines is 2. The van der Waals surface area contributed by atoms with Crippen LogP contribution in [0.1, 0.15) is 19.4 Å². The molecular formula is C20H27N3O2. The summed E-state index contributed by atoms with van der Waals surface area (Å²) in [7, 11) is 4.02. The molecule has 0 atom stereocenters. The maximum Gasteiger partial charge on any atom is 0.322 e. The van der Waals surface area contributed by atoms with Crippen molar-refractivity contribution >= 4 is 17.4 Å². The zero-order valence-corrected chi connectivity index (χ0v) is 15.5. The van der Waals surface area contributed by atoms with Crippen LogP contribution in [-0.2, 0) is 6.54 Å². The summed E-state index contributed by atoms with van der Waals surface area (Å²) in [4.78, 5) is 16.3. The Labute approximate surface area is 150 Å². The molecule has 0 fully saturated rings. The molecule has 2 aromatic rings. The summed E-state index contributed by atoms with van der Waals surface area (Å²) in [6.45, 7) is 5.59. The monoisotopic (exact) mass is 341 g/mol. The summed E-state index contributed by atoms with van der Waals surface area (Å²) in [6, 6.07) is 15.7. The molecule has 2 amide bonds. The molecule has 0 radical (unpaired) electrons. The number of nitrogens with one attached hydrogen (secondary N) is 1. The Morgan fingerprint density at radius 2 is 1.56 bits per heavy atom. The number of benzene rings is 2. The SMILES string of the molecule is CCNC(=O)N(Cc1ccc(N(C)C)cc1)c1ccc(OCC)cc1. The molecule has 0 unspecified atom stereocenters. The minimum atomic E-state index is -0.108. The lowest BCUT2D eigenvalue weighted by molar-refractivity contribution is 0.246. The minimum Gasteiger partial charge on any atom is -0.494 e. The van der Waals surface area contributed by atoms with Gasteiger partial charge in [-0.1, -0.05) is 12.1 Å². The van der Waals surface area contributed by atoms with Crippen LogP contribution in [0, 0.1) is 0 Å². The number of nitrogens with zero attached hydrogens (tertiary/aromatic N) is 2. The van der Waals surface area contributed by atoms with Gasteiger partial charge in [0.25, 0.3) is 0 Å². The van der Waals surface area contributed by atoms with Crippen molar-refractivity contribution < 1.29 is 9.53 Å². The maximum absolute atomic E-state index is 12.5. The smallest absolute Gasteiger partial charge is 0.322 e. The van der Waals surface area contributed by atoms with E-state index in [4.69, 9.17) is 4.74 Å². The van der Waals surface area contributed by atoms with Gasteiger partial charge in [0.05, 0.1) is 13.2 Å². The summed E-state index contributed by atoms with van der Waals surface area (Å²) in [5.41, 5.74) is 3.05. The highest BCUT2D eigenvalue weighted by molar-refractivity contribution is 5.91. The van der Waals surface area contributed by atoms with E-state index < -0.39 is 0 Å². The van der Waals surface area contributed by atoms with E-state index in [1.165, 1.54) is 0 Å². The molecule has 1 N–H and O–H groups in total. The summed E-state index contributed by atoms with van der Waals surface area (Å²) in [5.74, 6) is 0.803. The molecule has 0 aliphatic heterocycles. The molecule has 2 aromatic carbocycles. The molecule has 134 valence electrons. The van der Waals surface area contributed by atoms with E-state index in [-0.39, 0.29) is 6.03 Å². The van der Waals surface area contributed by atoms with Crippen molar-refractivity contribution in [3.05, 3.63) is 54.1 Å². The summed E-state index contributed by atoms with van der Waals surface area (Å²) >= 11 is 0. The number of rotatable bonds is 7. The van der Waals surface area contributed by atoms with Gasteiger partial charge in [0.2, 0.25) is 0 Å². The molecule has 0 saturated carbocycles. The molecule has 0 bridgehead atoms. The molecule has 2 rings (SSSR count). The molecule has 0 heterocycles. The van der Waals surface area contributed by atoms with E-state index in [1.54, 1.807) is 4.90 Å². The average Bonchev–Trinajstić information content (AvgIpc) is 2.61. The van der Waals surface area contributed by atoms with Crippen LogP contribution < -0.4 is 19.9 Å². The van der Waals surface area contributed by atoms with E-state index in [0.717, 1.165) is 22.7 Å². The predicted octanol–water partition coefficient (Wildman–Crippen LogP) is 3.89. The second kappa shape index (κ2) is 8.97. The van der Waals surface area contributed by atoms with Gasteiger partial charge in [-0.15, -0.1) is 0 Å². The zero-order valence-electron chi connectivity index (χ0n) is 15.5. The van der Waals surface area contributed by atoms with E-state index in [1.807, 2.05) is 52.2 Å². The molecule has 0 aliphatic rings. The first-order chi connectivity index (χ1) is 12.0. The van der Waals surface area contributed by atoms with Crippen LogP contribution in [0.25, 0.3) is 0 Å². The second-order valence-corrected chi connectivity index (χ2v) is 5.91. The summed E-state index contributed by atoms with van der Waals surface area (Å²) in [5, 5.41) is 2.88. The van der Waals surface area contributed by atoms with E-state index >= 15 is 0 Å². The predicted molar refractivity (Wildman–Crippen MR) is 104 cm³/mol. The Balaban J connectivity index is 2.21. The van der Waals surface area contributed by atoms with Gasteiger partial charge >= 0.3 is 6.03 Å². The van der Waals surface area contributed by atoms with Crippen LogP contribution in [0.3, 0.4) is 0 Å². The fourth-order valence-electron chi connectivity index (χ4n) is 2.50. The molecular weight excluding hydrogens is 314 g/mol. The first kappa shape index (κ1) is 18.6. The highest BCUT2D eigenvalue weighted by Crippen LogP contribution is 2.22. The topological polar surface area (TPSA) is 44.8 Å². The average molecular weight is 341 g/mol. The van der Waals surface area contributed by atoms with Gasteiger partial charge in [-0.3, -0.25) is 4.90 Å². The Morgan fingerprint density at radius 1 is 0.960 bits per heavy atom. The lowest BCUT2D eigenvalue weighted by atomic mass is 10.1. The number of amides is 2. The maximum atomic E-state index is 12.5. The highest BCUT2D eigenvalue weighted by atomic mass is 16.5. The van der Waals surface area contributed by atoms with E-state index in [9.17, 15) is 4.79 Å². The zero-order chi connectivity index (χ0) is 18.2. The van der Waals surface area contributed by atoms with Crippen LogP contribution in [0.15, 0.2) is 48.5 Å². The van der Waals surface area contributed by atoms with Crippen molar-refractivity contribution in [1.82, 2.24) is 5.32 Å². The van der Waals surface area contributed by atoms with Crippen molar-refractivity contribution in [3.63, 3.8) is 0 Å². The van der Waals surface area contributed by atoms with Crippen LogP contribution in [0.4, 0.5) is 16.2 Å². The van der Waals surface area contributed by atoms with Gasteiger partial charge < -0.3 is 15.0 Å². The number of hydrogen-bond donors (Lipinski definition) is 1. The highest BCUT2D eigenvalue weighted by Gasteiger charge is 2.15. The van der Waals surface area contributed by atoms with Crippen LogP contribution in [-0.4, -0.2) is 33.3 Å². The molecule has 0 aliphatic carbocycles. The lowest BCUT2D eigenvalue weighted by Gasteiger charge is -2.24. The first-order valence-electron chi connectivity index (χ1n) is 8.59. The van der Waals surface area contributed by atoms with Crippen molar-refractivity contribution in [1.29, 1.82) is 0 Å². The molecule has 0 aromatic heterocycles. The van der Waals surface area contributed by atoms with Crippen LogP contribution in [0.5, 0.6) is 5.75 Å². The van der Waals surface area contributed by atoms with Crippen molar-refractivity contribution in [2.45, 2.75) is 20.4 Å². The van der Waals surface area contributed by atoms with Gasteiger partial charge in [-0.2, -0.15) is 0 Å². The van der Waals surface area contributed by atoms with Gasteiger partial charge in [-0.05, 0) is 55.8 Å². The number of ether oxygens (including phenoxy) is 1. The normalized spacial score (nSPS) is 10.2. The van der Waals surface area contributed by atoms with Gasteiger partial charge in [0, 0.05) is 32.0 Å². The fourth-order valence-corrected chi connectivity index (χ4v) is 2.50. The minimum absolute atomic E-state index is 0.108. The van der Waals surface area contributed by atoms with Crippen LogP contribution in [0.2, 0.25) is 0 Å². The van der Waals surface area contributed by atoms with Crippen molar-refractivity contribution in [2.75, 3.05) is 37.0 Å². The molecule has 5 heteroatoms. The van der Waals surface area contributed by atoms with Gasteiger partial charge in [0.15, 0.2) is 0 Å². The van der Waals surface area contributed by atoms with E-state index in [2.05, 4.69) is 34.5 Å². The number of urea groups is 1. The Kier molecular flexibility index (Phi) is 6.69. The second-order valence-electron chi connectivity index (χ2n) is 5.91. The van der Waals surface area contributed by atoms with Crippen LogP contribution >= 0.6 is 0 Å². The summed E-state index contributed by atoms with van der Waals surface area (Å²) < 4.78 is 5.48. The quantitative estimate of drug-likeness (QED) is 0.831. The molecule has 25 heavy (non-hydrogen) atoms. The molecule has 0 saturated heterocycles. The third-order valence-electron chi connectivity index (χ3n) is 3.83. The lowest BCUT2D eigenvalue weighted by Crippen LogP contribution is -2.39. The van der Waals surface area contributed by atoms with Crippen molar-refractivity contribution in [2.24, 2.45) is 0 Å². The fraction of sp³-hybridized carbons (Fsp3) is 0.350. The molecule has 0 spiro atoms. The first-order valence-corrected chi connectivity index (χ1v) is 8.59. The molecule has 5 nitrogen and oxygen atoms in total. The largest absolute Gasteiger partial charge is 0.494 e. The third-order valence-corrected chi connectivity index (χ3v) is 3.83. The Morgan fingerprint density at radius 3 is 2.08 bits per heavy atom. The van der Waals surface area contributed by atoms with E-state index in [0.29, 0.717) is 19.7 Å². The van der Waals surface area contributed by atoms with Gasteiger partial charge in [-0.25, -0.2) is 4.79 Å². The number of carbonyl (C=O) groups is 1.